The normalized spacial score (nSPS) is 9.89. The molecule has 98 valence electrons. The molecule has 0 atom stereocenters. The number of aromatic carboxylic acids is 1. The third-order valence-electron chi connectivity index (χ3n) is 2.46. The molecule has 18 heavy (non-hydrogen) atoms. The molecule has 0 saturated heterocycles. The first-order valence-corrected chi connectivity index (χ1v) is 5.79. The molecule has 0 spiro atoms. The van der Waals surface area contributed by atoms with Gasteiger partial charge in [0.2, 0.25) is 5.91 Å². The van der Waals surface area contributed by atoms with Crippen molar-refractivity contribution in [3.05, 3.63) is 24.0 Å². The second-order valence-electron chi connectivity index (χ2n) is 3.67. The number of anilines is 1. The number of hydrogen-bond donors (Lipinski definition) is 2. The Kier molecular flexibility index (Phi) is 5.10. The predicted molar refractivity (Wildman–Crippen MR) is 67.8 cm³/mol. The molecule has 0 fully saturated rings. The minimum Gasteiger partial charge on any atom is -0.478 e. The van der Waals surface area contributed by atoms with E-state index >= 15 is 0 Å². The molecule has 0 radical (unpaired) electrons. The molecule has 1 amide bonds. The summed E-state index contributed by atoms with van der Waals surface area (Å²) in [5.41, 5.74) is 0.606. The van der Waals surface area contributed by atoms with Crippen LogP contribution in [0.15, 0.2) is 18.5 Å². The minimum atomic E-state index is -1.03. The van der Waals surface area contributed by atoms with Gasteiger partial charge in [-0.2, -0.15) is 0 Å². The maximum atomic E-state index is 11.5. The number of pyridine rings is 1. The number of amides is 1. The van der Waals surface area contributed by atoms with Crippen LogP contribution in [0.4, 0.5) is 5.69 Å². The topological polar surface area (TPSA) is 82.5 Å². The first-order chi connectivity index (χ1) is 8.60. The molecule has 0 unspecified atom stereocenters. The van der Waals surface area contributed by atoms with Crippen molar-refractivity contribution in [3.8, 4) is 0 Å². The zero-order chi connectivity index (χ0) is 13.5. The van der Waals surface area contributed by atoms with Gasteiger partial charge in [-0.15, -0.1) is 0 Å². The van der Waals surface area contributed by atoms with Gasteiger partial charge in [-0.3, -0.25) is 9.78 Å². The Balaban J connectivity index is 2.94. The van der Waals surface area contributed by atoms with Crippen molar-refractivity contribution in [3.63, 3.8) is 0 Å². The fraction of sp³-hybridized carbons (Fsp3) is 0.417. The summed E-state index contributed by atoms with van der Waals surface area (Å²) in [5, 5.41) is 11.8. The maximum Gasteiger partial charge on any atom is 0.337 e. The molecule has 1 rings (SSSR count). The van der Waals surface area contributed by atoms with Gasteiger partial charge in [-0.1, -0.05) is 0 Å². The number of nitrogens with zero attached hydrogens (tertiary/aromatic N) is 2. The van der Waals surface area contributed by atoms with Crippen molar-refractivity contribution in [2.75, 3.05) is 24.5 Å². The fourth-order valence-electron chi connectivity index (χ4n) is 1.61. The summed E-state index contributed by atoms with van der Waals surface area (Å²) in [6.45, 7) is 4.90. The molecule has 0 aromatic carbocycles. The summed E-state index contributed by atoms with van der Waals surface area (Å²) >= 11 is 0. The molecular formula is C12H17N3O3. The second-order valence-corrected chi connectivity index (χ2v) is 3.67. The van der Waals surface area contributed by atoms with Gasteiger partial charge in [0.15, 0.2) is 0 Å². The van der Waals surface area contributed by atoms with E-state index in [1.807, 2.05) is 13.8 Å². The van der Waals surface area contributed by atoms with Crippen LogP contribution < -0.4 is 10.2 Å². The number of aromatic nitrogens is 1. The van der Waals surface area contributed by atoms with Crippen LogP contribution >= 0.6 is 0 Å². The Morgan fingerprint density at radius 2 is 2.17 bits per heavy atom. The highest BCUT2D eigenvalue weighted by Crippen LogP contribution is 2.18. The van der Waals surface area contributed by atoms with Crippen LogP contribution in [0.2, 0.25) is 0 Å². The average molecular weight is 251 g/mol. The monoisotopic (exact) mass is 251 g/mol. The van der Waals surface area contributed by atoms with Gasteiger partial charge >= 0.3 is 5.97 Å². The highest BCUT2D eigenvalue weighted by Gasteiger charge is 2.16. The zero-order valence-electron chi connectivity index (χ0n) is 10.5. The number of hydrogen-bond acceptors (Lipinski definition) is 4. The molecule has 0 aliphatic carbocycles. The van der Waals surface area contributed by atoms with Crippen LogP contribution in [-0.4, -0.2) is 41.6 Å². The summed E-state index contributed by atoms with van der Waals surface area (Å²) in [6, 6.07) is 1.43. The first-order valence-electron chi connectivity index (χ1n) is 5.79. The van der Waals surface area contributed by atoms with E-state index in [4.69, 9.17) is 5.11 Å². The van der Waals surface area contributed by atoms with Gasteiger partial charge in [-0.05, 0) is 19.9 Å². The Hall–Kier alpha value is -2.11. The number of likely N-dealkylation sites (N-methyl/N-ethyl adjacent to an activating group) is 2. The lowest BCUT2D eigenvalue weighted by Crippen LogP contribution is -2.37. The highest BCUT2D eigenvalue weighted by molar-refractivity contribution is 5.95. The van der Waals surface area contributed by atoms with Gasteiger partial charge in [0, 0.05) is 19.3 Å². The third-order valence-corrected chi connectivity index (χ3v) is 2.46. The second kappa shape index (κ2) is 6.58. The van der Waals surface area contributed by atoms with Crippen LogP contribution in [0.25, 0.3) is 0 Å². The molecule has 0 bridgehead atoms. The van der Waals surface area contributed by atoms with E-state index in [0.717, 1.165) is 0 Å². The lowest BCUT2D eigenvalue weighted by molar-refractivity contribution is -0.119. The maximum absolute atomic E-state index is 11.5. The number of carbonyl (C=O) groups excluding carboxylic acids is 1. The zero-order valence-corrected chi connectivity index (χ0v) is 10.5. The summed E-state index contributed by atoms with van der Waals surface area (Å²) in [5.74, 6) is -1.17. The fourth-order valence-corrected chi connectivity index (χ4v) is 1.61. The van der Waals surface area contributed by atoms with Crippen molar-refractivity contribution in [2.24, 2.45) is 0 Å². The van der Waals surface area contributed by atoms with Crippen LogP contribution in [-0.2, 0) is 4.79 Å². The van der Waals surface area contributed by atoms with E-state index in [1.165, 1.54) is 18.5 Å². The number of rotatable bonds is 6. The molecule has 6 nitrogen and oxygen atoms in total. The molecular weight excluding hydrogens is 234 g/mol. The smallest absolute Gasteiger partial charge is 0.337 e. The standard InChI is InChI=1S/C12H17N3O3/c1-3-14-11(16)8-15(4-2)10-7-13-6-5-9(10)12(17)18/h5-7H,3-4,8H2,1-2H3,(H,14,16)(H,17,18). The first kappa shape index (κ1) is 14.0. The molecule has 0 aliphatic heterocycles. The summed E-state index contributed by atoms with van der Waals surface area (Å²) < 4.78 is 0. The van der Waals surface area contributed by atoms with E-state index < -0.39 is 5.97 Å². The Labute approximate surface area is 106 Å². The lowest BCUT2D eigenvalue weighted by atomic mass is 10.2. The van der Waals surface area contributed by atoms with Crippen LogP contribution in [0.5, 0.6) is 0 Å². The van der Waals surface area contributed by atoms with Crippen LogP contribution in [0.1, 0.15) is 24.2 Å². The number of carbonyl (C=O) groups is 2. The van der Waals surface area contributed by atoms with Crippen molar-refractivity contribution < 1.29 is 14.7 Å². The van der Waals surface area contributed by atoms with Crippen LogP contribution in [0, 0.1) is 0 Å². The van der Waals surface area contributed by atoms with Gasteiger partial charge in [0.1, 0.15) is 0 Å². The summed E-state index contributed by atoms with van der Waals surface area (Å²) in [4.78, 5) is 28.2. The molecule has 0 aliphatic rings. The Morgan fingerprint density at radius 1 is 1.44 bits per heavy atom. The molecule has 2 N–H and O–H groups in total. The van der Waals surface area contributed by atoms with E-state index in [9.17, 15) is 9.59 Å². The minimum absolute atomic E-state index is 0.121. The number of carboxylic acid groups (broad SMARTS) is 1. The molecule has 1 aromatic rings. The van der Waals surface area contributed by atoms with Gasteiger partial charge < -0.3 is 15.3 Å². The number of carboxylic acids is 1. The van der Waals surface area contributed by atoms with Crippen molar-refractivity contribution in [1.29, 1.82) is 0 Å². The SMILES string of the molecule is CCNC(=O)CN(CC)c1cnccc1C(=O)O. The molecule has 6 heteroatoms. The lowest BCUT2D eigenvalue weighted by Gasteiger charge is -2.23. The Morgan fingerprint density at radius 3 is 2.72 bits per heavy atom. The van der Waals surface area contributed by atoms with E-state index in [0.29, 0.717) is 18.8 Å². The van der Waals surface area contributed by atoms with Gasteiger partial charge in [0.05, 0.1) is 24.0 Å². The van der Waals surface area contributed by atoms with Gasteiger partial charge in [-0.25, -0.2) is 4.79 Å². The van der Waals surface area contributed by atoms with E-state index in [2.05, 4.69) is 10.3 Å². The molecule has 1 aromatic heterocycles. The van der Waals surface area contributed by atoms with E-state index in [-0.39, 0.29) is 18.0 Å². The van der Waals surface area contributed by atoms with Crippen molar-refractivity contribution in [1.82, 2.24) is 10.3 Å². The van der Waals surface area contributed by atoms with Crippen molar-refractivity contribution in [2.45, 2.75) is 13.8 Å². The largest absolute Gasteiger partial charge is 0.478 e. The van der Waals surface area contributed by atoms with Crippen molar-refractivity contribution >= 4 is 17.6 Å². The van der Waals surface area contributed by atoms with E-state index in [1.54, 1.807) is 4.90 Å². The van der Waals surface area contributed by atoms with Crippen LogP contribution in [0.3, 0.4) is 0 Å². The highest BCUT2D eigenvalue weighted by atomic mass is 16.4. The molecule has 0 saturated carbocycles. The Bertz CT molecular complexity index is 434. The van der Waals surface area contributed by atoms with Gasteiger partial charge in [0.25, 0.3) is 0 Å². The average Bonchev–Trinajstić information content (AvgIpc) is 2.36. The molecule has 1 heterocycles. The summed E-state index contributed by atoms with van der Waals surface area (Å²) in [7, 11) is 0. The summed E-state index contributed by atoms with van der Waals surface area (Å²) in [6.07, 6.45) is 2.89. The predicted octanol–water partition coefficient (Wildman–Crippen LogP) is 0.742. The third kappa shape index (κ3) is 3.44. The number of nitrogens with one attached hydrogen (secondary N) is 1. The quantitative estimate of drug-likeness (QED) is 0.779.